The standard InChI is InChI=1S/C62H63Cl2N3O2S2/c1-2-59(68)61-55(47-34-36-56(63)57(64)44-47)45-51-35-37-58(61)67(51)40-21-39-66(41-43-71(52-28-15-6-16-29-52,53-30-17-7-18-31-53)54-32-19-8-20-33-54)46-60(69)65-38-42-70-62(48-22-9-3-10-23-48,49-24-11-4-12-25-49)50-26-13-5-14-27-50/h3-20,22-34,36,44,51,58H,2,21,35,37-43,45-46H2,1H3,(H,65,69). The lowest BCUT2D eigenvalue weighted by atomic mass is 9.84. The molecule has 1 amide bonds. The van der Waals surface area contributed by atoms with E-state index < -0.39 is 14.8 Å². The van der Waals surface area contributed by atoms with E-state index in [1.807, 2.05) is 36.9 Å². The van der Waals surface area contributed by atoms with Crippen LogP contribution in [0.1, 0.15) is 61.3 Å². The van der Waals surface area contributed by atoms with Crippen molar-refractivity contribution >= 4 is 62.3 Å². The Morgan fingerprint density at radius 2 is 1.17 bits per heavy atom. The minimum absolute atomic E-state index is 0.0261. The SMILES string of the molecule is CCC(=O)C1=C(c2ccc(Cl)c(Cl)c2)CC2CCC1N2CCCN(CCS(c1ccccc1)(c1ccccc1)c1ccccc1)CC(=O)NCCSC(c1ccccc1)(c1ccccc1)c1ccccc1. The zero-order valence-electron chi connectivity index (χ0n) is 40.5. The van der Waals surface area contributed by atoms with Crippen LogP contribution < -0.4 is 5.32 Å². The molecule has 0 aromatic heterocycles. The van der Waals surface area contributed by atoms with Gasteiger partial charge >= 0.3 is 0 Å². The monoisotopic (exact) mass is 1020 g/mol. The van der Waals surface area contributed by atoms with Crippen molar-refractivity contribution in [2.24, 2.45) is 0 Å². The van der Waals surface area contributed by atoms with E-state index in [0.29, 0.717) is 34.8 Å². The summed E-state index contributed by atoms with van der Waals surface area (Å²) in [7, 11) is -1.74. The molecule has 0 spiro atoms. The second-order valence-corrected chi connectivity index (χ2v) is 23.9. The number of Topliss-reactive ketones (excluding diaryl/α,β-unsaturated/α-hetero) is 1. The van der Waals surface area contributed by atoms with Crippen molar-refractivity contribution in [1.29, 1.82) is 0 Å². The zero-order chi connectivity index (χ0) is 49.0. The van der Waals surface area contributed by atoms with E-state index >= 15 is 0 Å². The van der Waals surface area contributed by atoms with Crippen LogP contribution in [0.3, 0.4) is 0 Å². The molecule has 71 heavy (non-hydrogen) atoms. The van der Waals surface area contributed by atoms with E-state index in [-0.39, 0.29) is 24.3 Å². The normalized spacial score (nSPS) is 16.3. The first-order chi connectivity index (χ1) is 34.8. The Balaban J connectivity index is 0.970. The van der Waals surface area contributed by atoms with Crippen LogP contribution in [-0.4, -0.2) is 77.8 Å². The van der Waals surface area contributed by atoms with Crippen LogP contribution in [0.5, 0.6) is 0 Å². The summed E-state index contributed by atoms with van der Waals surface area (Å²) in [6.45, 7) is 5.08. The third-order valence-electron chi connectivity index (χ3n) is 14.3. The largest absolute Gasteiger partial charge is 0.354 e. The Kier molecular flexibility index (Phi) is 17.0. The Bertz CT molecular complexity index is 2680. The second-order valence-electron chi connectivity index (χ2n) is 18.5. The zero-order valence-corrected chi connectivity index (χ0v) is 43.6. The first-order valence-corrected chi connectivity index (χ1v) is 28.6. The Morgan fingerprint density at radius 3 is 1.66 bits per heavy atom. The smallest absolute Gasteiger partial charge is 0.234 e. The van der Waals surface area contributed by atoms with Crippen molar-refractivity contribution in [3.05, 3.63) is 238 Å². The fourth-order valence-electron chi connectivity index (χ4n) is 11.0. The number of rotatable bonds is 22. The molecule has 0 saturated carbocycles. The van der Waals surface area contributed by atoms with Crippen LogP contribution in [-0.2, 0) is 14.3 Å². The van der Waals surface area contributed by atoms with E-state index in [9.17, 15) is 9.59 Å². The maximum atomic E-state index is 14.4. The predicted molar refractivity (Wildman–Crippen MR) is 299 cm³/mol. The first kappa shape index (κ1) is 50.6. The van der Waals surface area contributed by atoms with Crippen molar-refractivity contribution < 1.29 is 9.59 Å². The van der Waals surface area contributed by atoms with Crippen molar-refractivity contribution in [1.82, 2.24) is 15.1 Å². The highest BCUT2D eigenvalue weighted by molar-refractivity contribution is 8.33. The number of nitrogens with one attached hydrogen (secondary N) is 1. The van der Waals surface area contributed by atoms with Gasteiger partial charge in [0.25, 0.3) is 0 Å². The second kappa shape index (κ2) is 23.9. The number of thioether (sulfide) groups is 1. The van der Waals surface area contributed by atoms with Crippen LogP contribution >= 0.6 is 45.0 Å². The van der Waals surface area contributed by atoms with E-state index in [1.54, 1.807) is 0 Å². The molecule has 1 N–H and O–H groups in total. The quantitative estimate of drug-likeness (QED) is 0.0542. The number of amides is 1. The minimum Gasteiger partial charge on any atom is -0.354 e. The van der Waals surface area contributed by atoms with Gasteiger partial charge in [-0.05, 0) is 123 Å². The molecule has 2 heterocycles. The summed E-state index contributed by atoms with van der Waals surface area (Å²) in [6, 6.07) is 71.3. The molecule has 2 atom stereocenters. The van der Waals surface area contributed by atoms with Gasteiger partial charge in [0.05, 0.1) is 21.3 Å². The molecule has 0 aliphatic carbocycles. The summed E-state index contributed by atoms with van der Waals surface area (Å²) in [4.78, 5) is 37.2. The van der Waals surface area contributed by atoms with Crippen molar-refractivity contribution in [3.63, 3.8) is 0 Å². The van der Waals surface area contributed by atoms with Gasteiger partial charge < -0.3 is 5.32 Å². The van der Waals surface area contributed by atoms with Gasteiger partial charge in [-0.3, -0.25) is 19.4 Å². The summed E-state index contributed by atoms with van der Waals surface area (Å²) in [5.41, 5.74) is 6.66. The number of carbonyl (C=O) groups is 2. The number of hydrogen-bond acceptors (Lipinski definition) is 5. The van der Waals surface area contributed by atoms with Gasteiger partial charge in [0.1, 0.15) is 0 Å². The predicted octanol–water partition coefficient (Wildman–Crippen LogP) is 14.5. The molecule has 2 bridgehead atoms. The van der Waals surface area contributed by atoms with E-state index in [1.165, 1.54) is 31.4 Å². The summed E-state index contributed by atoms with van der Waals surface area (Å²) in [5.74, 6) is 1.79. The van der Waals surface area contributed by atoms with Crippen LogP contribution in [0.15, 0.2) is 220 Å². The first-order valence-electron chi connectivity index (χ1n) is 25.0. The average molecular weight is 1020 g/mol. The lowest BCUT2D eigenvalue weighted by molar-refractivity contribution is -0.122. The number of nitrogens with zero attached hydrogens (tertiary/aromatic N) is 2. The van der Waals surface area contributed by atoms with Gasteiger partial charge in [-0.15, -0.1) is 11.8 Å². The van der Waals surface area contributed by atoms with E-state index in [0.717, 1.165) is 67.8 Å². The Morgan fingerprint density at radius 1 is 0.662 bits per heavy atom. The number of carbonyl (C=O) groups excluding carboxylic acids is 2. The van der Waals surface area contributed by atoms with Gasteiger partial charge in [0, 0.05) is 55.2 Å². The van der Waals surface area contributed by atoms with Gasteiger partial charge in [-0.1, -0.05) is 182 Å². The summed E-state index contributed by atoms with van der Waals surface area (Å²) in [5, 5.41) is 4.41. The molecule has 2 unspecified atom stereocenters. The van der Waals surface area contributed by atoms with Crippen LogP contribution in [0, 0.1) is 0 Å². The summed E-state index contributed by atoms with van der Waals surface area (Å²) in [6.07, 6.45) is 4.12. The van der Waals surface area contributed by atoms with E-state index in [4.69, 9.17) is 23.2 Å². The molecule has 9 rings (SSSR count). The summed E-state index contributed by atoms with van der Waals surface area (Å²) < 4.78 is -0.466. The third-order valence-corrected chi connectivity index (χ3v) is 20.6. The number of benzene rings is 7. The maximum Gasteiger partial charge on any atom is 0.234 e. The van der Waals surface area contributed by atoms with Crippen molar-refractivity contribution in [2.45, 2.75) is 70.5 Å². The fourth-order valence-corrected chi connectivity index (χ4v) is 16.6. The molecule has 7 aromatic rings. The van der Waals surface area contributed by atoms with Crippen LogP contribution in [0.2, 0.25) is 10.0 Å². The molecule has 7 aromatic carbocycles. The van der Waals surface area contributed by atoms with Crippen molar-refractivity contribution in [2.75, 3.05) is 44.2 Å². The van der Waals surface area contributed by atoms with Crippen LogP contribution in [0.4, 0.5) is 0 Å². The number of fused-ring (bicyclic) bond motifs is 2. The molecule has 2 aliphatic heterocycles. The van der Waals surface area contributed by atoms with E-state index in [2.05, 4.69) is 197 Å². The highest BCUT2D eigenvalue weighted by atomic mass is 35.5. The Labute approximate surface area is 437 Å². The molecule has 1 saturated heterocycles. The highest BCUT2D eigenvalue weighted by Gasteiger charge is 2.43. The lowest BCUT2D eigenvalue weighted by Crippen LogP contribution is -2.45. The molecular weight excluding hydrogens is 954 g/mol. The maximum absolute atomic E-state index is 14.4. The number of hydrogen-bond donors (Lipinski definition) is 1. The minimum atomic E-state index is -1.74. The molecule has 5 nitrogen and oxygen atoms in total. The van der Waals surface area contributed by atoms with Crippen molar-refractivity contribution in [3.8, 4) is 0 Å². The number of halogens is 2. The van der Waals surface area contributed by atoms with Gasteiger partial charge in [0.15, 0.2) is 5.78 Å². The lowest BCUT2D eigenvalue weighted by Gasteiger charge is -2.43. The molecule has 364 valence electrons. The third kappa shape index (κ3) is 11.2. The Hall–Kier alpha value is -5.38. The summed E-state index contributed by atoms with van der Waals surface area (Å²) >= 11 is 14.8. The molecule has 2 aliphatic rings. The number of ketones is 1. The van der Waals surface area contributed by atoms with Gasteiger partial charge in [-0.25, -0.2) is 0 Å². The van der Waals surface area contributed by atoms with Gasteiger partial charge in [-0.2, -0.15) is 10.0 Å². The molecule has 0 radical (unpaired) electrons. The fraction of sp³-hybridized carbons (Fsp3) is 0.258. The molecule has 9 heteroatoms. The highest BCUT2D eigenvalue weighted by Crippen LogP contribution is 2.68. The topological polar surface area (TPSA) is 52.7 Å². The molecular formula is C62H63Cl2N3O2S2. The van der Waals surface area contributed by atoms with Gasteiger partial charge in [0.2, 0.25) is 5.91 Å². The molecule has 1 fully saturated rings. The van der Waals surface area contributed by atoms with Crippen LogP contribution in [0.25, 0.3) is 5.57 Å². The average Bonchev–Trinajstić information content (AvgIpc) is 3.70.